The molecule has 2 aliphatic rings. The molecule has 3 aromatic rings. The van der Waals surface area contributed by atoms with Gasteiger partial charge in [0.05, 0.1) is 35.3 Å². The summed E-state index contributed by atoms with van der Waals surface area (Å²) in [7, 11) is -3.59. The Hall–Kier alpha value is -2.89. The summed E-state index contributed by atoms with van der Waals surface area (Å²) >= 11 is 6.19. The number of benzene rings is 1. The summed E-state index contributed by atoms with van der Waals surface area (Å²) in [6, 6.07) is 6.17. The number of sulfonamides is 1. The van der Waals surface area contributed by atoms with Crippen LogP contribution in [0.15, 0.2) is 30.5 Å². The molecule has 0 unspecified atom stereocenters. The Bertz CT molecular complexity index is 1450. The summed E-state index contributed by atoms with van der Waals surface area (Å²) in [6.07, 6.45) is 5.09. The van der Waals surface area contributed by atoms with E-state index in [-0.39, 0.29) is 35.2 Å². The van der Waals surface area contributed by atoms with Crippen LogP contribution in [0.1, 0.15) is 53.8 Å². The fourth-order valence-corrected chi connectivity index (χ4v) is 5.99. The summed E-state index contributed by atoms with van der Waals surface area (Å²) in [5.74, 6) is 0.697. The SMILES string of the molecule is Cc1cn2nc([C@@H]3CCCCN3C(=O)c3cc(Cl)ccc3NS(C)(=O)=O)cc2nc1N1C[C@@H](C)[C@H](O)C1. The first-order valence-corrected chi connectivity index (χ1v) is 14.7. The molecule has 4 heterocycles. The molecule has 3 atom stereocenters. The highest BCUT2D eigenvalue weighted by Gasteiger charge is 2.33. The maximum absolute atomic E-state index is 13.8. The summed E-state index contributed by atoms with van der Waals surface area (Å²) in [5, 5.41) is 15.3. The molecule has 1 amide bonds. The maximum atomic E-state index is 13.8. The van der Waals surface area contributed by atoms with E-state index in [2.05, 4.69) is 9.62 Å². The molecule has 37 heavy (non-hydrogen) atoms. The zero-order valence-corrected chi connectivity index (χ0v) is 22.6. The third-order valence-corrected chi connectivity index (χ3v) is 7.93. The van der Waals surface area contributed by atoms with Crippen LogP contribution in [0, 0.1) is 12.8 Å². The minimum absolute atomic E-state index is 0.174. The average molecular weight is 547 g/mol. The Balaban J connectivity index is 1.48. The number of β-amino-alcohol motifs (C(OH)–C–C–N with tert-alkyl or cyclic N) is 1. The fourth-order valence-electron chi connectivity index (χ4n) is 5.24. The number of amides is 1. The molecule has 12 heteroatoms. The van der Waals surface area contributed by atoms with Gasteiger partial charge in [-0.1, -0.05) is 18.5 Å². The molecule has 198 valence electrons. The Morgan fingerprint density at radius 1 is 1.22 bits per heavy atom. The number of carbonyl (C=O) groups is 1. The van der Waals surface area contributed by atoms with Gasteiger partial charge in [-0.3, -0.25) is 9.52 Å². The number of aliphatic hydroxyl groups is 1. The van der Waals surface area contributed by atoms with Crippen LogP contribution < -0.4 is 9.62 Å². The van der Waals surface area contributed by atoms with E-state index >= 15 is 0 Å². The van der Waals surface area contributed by atoms with Gasteiger partial charge in [-0.05, 0) is 44.4 Å². The largest absolute Gasteiger partial charge is 0.391 e. The third-order valence-electron chi connectivity index (χ3n) is 7.11. The van der Waals surface area contributed by atoms with Crippen molar-refractivity contribution < 1.29 is 18.3 Å². The monoisotopic (exact) mass is 546 g/mol. The van der Waals surface area contributed by atoms with E-state index in [9.17, 15) is 18.3 Å². The van der Waals surface area contributed by atoms with Crippen molar-refractivity contribution in [2.75, 3.05) is 35.5 Å². The van der Waals surface area contributed by atoms with Crippen LogP contribution in [0.25, 0.3) is 5.65 Å². The van der Waals surface area contributed by atoms with Gasteiger partial charge in [0.1, 0.15) is 5.82 Å². The van der Waals surface area contributed by atoms with Crippen molar-refractivity contribution in [3.63, 3.8) is 0 Å². The van der Waals surface area contributed by atoms with Crippen molar-refractivity contribution in [2.45, 2.75) is 45.3 Å². The number of piperidine rings is 1. The number of carbonyl (C=O) groups excluding carboxylic acids is 1. The summed E-state index contributed by atoms with van der Waals surface area (Å²) in [5.41, 5.74) is 2.75. The zero-order chi connectivity index (χ0) is 26.5. The molecular weight excluding hydrogens is 516 g/mol. The highest BCUT2D eigenvalue weighted by atomic mass is 35.5. The second kappa shape index (κ2) is 9.77. The van der Waals surface area contributed by atoms with Gasteiger partial charge in [-0.25, -0.2) is 17.9 Å². The summed E-state index contributed by atoms with van der Waals surface area (Å²) in [6.45, 7) is 5.80. The molecule has 2 saturated heterocycles. The van der Waals surface area contributed by atoms with Gasteiger partial charge in [0, 0.05) is 48.4 Å². The van der Waals surface area contributed by atoms with Gasteiger partial charge in [0.15, 0.2) is 5.65 Å². The van der Waals surface area contributed by atoms with E-state index < -0.39 is 10.0 Å². The van der Waals surface area contributed by atoms with Crippen LogP contribution in [0.4, 0.5) is 11.5 Å². The molecule has 0 bridgehead atoms. The third kappa shape index (κ3) is 5.25. The van der Waals surface area contributed by atoms with Crippen LogP contribution in [0.2, 0.25) is 5.02 Å². The molecule has 0 spiro atoms. The number of hydrogen-bond acceptors (Lipinski definition) is 7. The number of aliphatic hydroxyl groups excluding tert-OH is 1. The van der Waals surface area contributed by atoms with Gasteiger partial charge in [0.2, 0.25) is 10.0 Å². The first-order chi connectivity index (χ1) is 17.5. The van der Waals surface area contributed by atoms with E-state index in [0.29, 0.717) is 23.8 Å². The van der Waals surface area contributed by atoms with Crippen molar-refractivity contribution in [1.82, 2.24) is 19.5 Å². The molecule has 1 aromatic carbocycles. The Morgan fingerprint density at radius 3 is 2.70 bits per heavy atom. The van der Waals surface area contributed by atoms with E-state index in [1.165, 1.54) is 12.1 Å². The summed E-state index contributed by atoms with van der Waals surface area (Å²) in [4.78, 5) is 22.5. The van der Waals surface area contributed by atoms with Crippen LogP contribution in [-0.2, 0) is 10.0 Å². The normalized spacial score (nSPS) is 22.6. The van der Waals surface area contributed by atoms with Crippen LogP contribution >= 0.6 is 11.6 Å². The predicted molar refractivity (Wildman–Crippen MR) is 143 cm³/mol. The van der Waals surface area contributed by atoms with Crippen molar-refractivity contribution >= 4 is 44.7 Å². The van der Waals surface area contributed by atoms with Crippen molar-refractivity contribution in [3.8, 4) is 0 Å². The standard InChI is InChI=1S/C25H31ClN6O4S/c1-15-12-30(14-22(15)33)24-16(2)13-32-23(27-24)11-20(28-32)21-6-4-5-9-31(21)25(34)18-10-17(26)7-8-19(18)29-37(3,35)36/h7-8,10-11,13,15,21-22,29,33H,4-6,9,12,14H2,1-3H3/t15-,21+,22-/m1/s1. The lowest BCUT2D eigenvalue weighted by Gasteiger charge is -2.35. The Kier molecular flexibility index (Phi) is 6.80. The number of aromatic nitrogens is 3. The lowest BCUT2D eigenvalue weighted by molar-refractivity contribution is 0.0607. The number of hydrogen-bond donors (Lipinski definition) is 2. The van der Waals surface area contributed by atoms with Crippen LogP contribution in [0.5, 0.6) is 0 Å². The van der Waals surface area contributed by atoms with E-state index in [0.717, 1.165) is 49.1 Å². The molecule has 0 saturated carbocycles. The van der Waals surface area contributed by atoms with E-state index in [1.807, 2.05) is 26.1 Å². The Labute approximate surface area is 221 Å². The van der Waals surface area contributed by atoms with Crippen molar-refractivity contribution in [3.05, 3.63) is 52.3 Å². The van der Waals surface area contributed by atoms with Crippen LogP contribution in [0.3, 0.4) is 0 Å². The van der Waals surface area contributed by atoms with E-state index in [1.54, 1.807) is 15.5 Å². The smallest absolute Gasteiger partial charge is 0.256 e. The van der Waals surface area contributed by atoms with E-state index in [4.69, 9.17) is 21.7 Å². The van der Waals surface area contributed by atoms with Gasteiger partial charge in [0.25, 0.3) is 5.91 Å². The number of rotatable bonds is 5. The lowest BCUT2D eigenvalue weighted by atomic mass is 9.98. The second-order valence-electron chi connectivity index (χ2n) is 10.1. The lowest BCUT2D eigenvalue weighted by Crippen LogP contribution is -2.39. The molecular formula is C25H31ClN6O4S. The maximum Gasteiger partial charge on any atom is 0.256 e. The number of anilines is 2. The van der Waals surface area contributed by atoms with Crippen molar-refractivity contribution in [2.24, 2.45) is 5.92 Å². The van der Waals surface area contributed by atoms with Crippen LogP contribution in [-0.4, -0.2) is 70.9 Å². The topological polar surface area (TPSA) is 120 Å². The fraction of sp³-hybridized carbons (Fsp3) is 0.480. The molecule has 2 fully saturated rings. The molecule has 10 nitrogen and oxygen atoms in total. The minimum atomic E-state index is -3.59. The number of nitrogens with zero attached hydrogens (tertiary/aromatic N) is 5. The molecule has 0 aliphatic carbocycles. The number of nitrogens with one attached hydrogen (secondary N) is 1. The number of fused-ring (bicyclic) bond motifs is 1. The average Bonchev–Trinajstić information content (AvgIpc) is 3.40. The highest BCUT2D eigenvalue weighted by Crippen LogP contribution is 2.34. The molecule has 0 radical (unpaired) electrons. The number of halogens is 1. The van der Waals surface area contributed by atoms with Gasteiger partial charge >= 0.3 is 0 Å². The summed E-state index contributed by atoms with van der Waals surface area (Å²) < 4.78 is 28.0. The first kappa shape index (κ1) is 25.7. The number of likely N-dealkylation sites (tertiary alicyclic amines) is 1. The zero-order valence-electron chi connectivity index (χ0n) is 21.1. The molecule has 2 aromatic heterocycles. The highest BCUT2D eigenvalue weighted by molar-refractivity contribution is 7.92. The molecule has 2 aliphatic heterocycles. The van der Waals surface area contributed by atoms with Crippen molar-refractivity contribution in [1.29, 1.82) is 0 Å². The molecule has 2 N–H and O–H groups in total. The second-order valence-corrected chi connectivity index (χ2v) is 12.3. The number of aryl methyl sites for hydroxylation is 1. The quantitative estimate of drug-likeness (QED) is 0.504. The van der Waals surface area contributed by atoms with Gasteiger partial charge in [-0.2, -0.15) is 5.10 Å². The van der Waals surface area contributed by atoms with Gasteiger partial charge in [-0.15, -0.1) is 0 Å². The Morgan fingerprint density at radius 2 is 2.00 bits per heavy atom. The first-order valence-electron chi connectivity index (χ1n) is 12.4. The predicted octanol–water partition coefficient (Wildman–Crippen LogP) is 3.25. The minimum Gasteiger partial charge on any atom is -0.391 e. The molecule has 5 rings (SSSR count). The van der Waals surface area contributed by atoms with Gasteiger partial charge < -0.3 is 14.9 Å².